The molecule has 12 heavy (non-hydrogen) atoms. The minimum absolute atomic E-state index is 0.403. The average molecular weight is 160 g/mol. The highest BCUT2D eigenvalue weighted by Gasteiger charge is 2.17. The summed E-state index contributed by atoms with van der Waals surface area (Å²) in [5.74, 6) is 1.32. The average Bonchev–Trinajstić information content (AvgIpc) is 2.28. The van der Waals surface area contributed by atoms with Gasteiger partial charge in [-0.05, 0) is 24.5 Å². The molecule has 1 nitrogen and oxygen atoms in total. The summed E-state index contributed by atoms with van der Waals surface area (Å²) in [4.78, 5) is 0. The maximum absolute atomic E-state index is 9.27. The van der Waals surface area contributed by atoms with Crippen LogP contribution in [0.25, 0.3) is 0 Å². The van der Waals surface area contributed by atoms with Gasteiger partial charge in [0.25, 0.3) is 0 Å². The first-order valence-electron chi connectivity index (χ1n) is 4.28. The molecule has 0 aromatic heterocycles. The molecule has 0 saturated heterocycles. The van der Waals surface area contributed by atoms with Gasteiger partial charge in [0.1, 0.15) is 5.76 Å². The third kappa shape index (κ3) is 1.35. The molecule has 0 amide bonds. The lowest BCUT2D eigenvalue weighted by molar-refractivity contribution is 0.407. The van der Waals surface area contributed by atoms with Crippen molar-refractivity contribution in [3.8, 4) is 0 Å². The van der Waals surface area contributed by atoms with E-state index in [0.717, 1.165) is 6.42 Å². The molecule has 0 saturated carbocycles. The van der Waals surface area contributed by atoms with Crippen molar-refractivity contribution >= 4 is 0 Å². The smallest absolute Gasteiger partial charge is 0.111 e. The third-order valence-corrected chi connectivity index (χ3v) is 2.36. The number of hydrogen-bond acceptors (Lipinski definition) is 1. The fourth-order valence-electron chi connectivity index (χ4n) is 1.68. The molecule has 2 unspecified atom stereocenters. The van der Waals surface area contributed by atoms with Crippen molar-refractivity contribution in [2.45, 2.75) is 6.42 Å². The molecule has 0 radical (unpaired) electrons. The zero-order valence-corrected chi connectivity index (χ0v) is 6.85. The fourth-order valence-corrected chi connectivity index (χ4v) is 1.68. The second-order valence-corrected chi connectivity index (χ2v) is 3.24. The van der Waals surface area contributed by atoms with Crippen LogP contribution < -0.4 is 0 Å². The van der Waals surface area contributed by atoms with Gasteiger partial charge in [0.05, 0.1) is 0 Å². The molecule has 0 aliphatic heterocycles. The van der Waals surface area contributed by atoms with Crippen molar-refractivity contribution < 1.29 is 5.11 Å². The Kier molecular flexibility index (Phi) is 1.86. The Morgan fingerprint density at radius 1 is 1.25 bits per heavy atom. The number of fused-ring (bicyclic) bond motifs is 1. The standard InChI is InChI=1S/C11H12O/c12-11-7-6-9-4-2-1-3-5-10(9)8-11/h1-4,6-10,12H,5H2. The lowest BCUT2D eigenvalue weighted by atomic mass is 9.86. The third-order valence-electron chi connectivity index (χ3n) is 2.36. The van der Waals surface area contributed by atoms with E-state index in [1.165, 1.54) is 0 Å². The molecular formula is C11H12O. The lowest BCUT2D eigenvalue weighted by Gasteiger charge is -2.19. The highest BCUT2D eigenvalue weighted by Crippen LogP contribution is 2.28. The van der Waals surface area contributed by atoms with Gasteiger partial charge < -0.3 is 5.11 Å². The molecule has 62 valence electrons. The van der Waals surface area contributed by atoms with Crippen LogP contribution in [0.3, 0.4) is 0 Å². The summed E-state index contributed by atoms with van der Waals surface area (Å²) in [5.41, 5.74) is 0. The number of aliphatic hydroxyl groups excluding tert-OH is 1. The molecule has 2 rings (SSSR count). The summed E-state index contributed by atoms with van der Waals surface area (Å²) in [6.45, 7) is 0. The molecule has 2 aliphatic carbocycles. The predicted octanol–water partition coefficient (Wildman–Crippen LogP) is 2.75. The SMILES string of the molecule is OC1=CC2CC=CC=CC2C=C1. The zero-order chi connectivity index (χ0) is 8.39. The number of allylic oxidation sites excluding steroid dienone is 7. The van der Waals surface area contributed by atoms with Crippen LogP contribution in [-0.4, -0.2) is 5.11 Å². The van der Waals surface area contributed by atoms with Crippen LogP contribution in [0.15, 0.2) is 48.3 Å². The summed E-state index contributed by atoms with van der Waals surface area (Å²) in [6.07, 6.45) is 15.2. The monoisotopic (exact) mass is 160 g/mol. The van der Waals surface area contributed by atoms with Gasteiger partial charge in [-0.25, -0.2) is 0 Å². The topological polar surface area (TPSA) is 20.2 Å². The summed E-state index contributed by atoms with van der Waals surface area (Å²) in [6, 6.07) is 0. The van der Waals surface area contributed by atoms with Gasteiger partial charge in [-0.15, -0.1) is 0 Å². The molecule has 0 fully saturated rings. The minimum Gasteiger partial charge on any atom is -0.508 e. The molecule has 0 aromatic rings. The Morgan fingerprint density at radius 2 is 2.17 bits per heavy atom. The quantitative estimate of drug-likeness (QED) is 0.577. The normalized spacial score (nSPS) is 32.5. The van der Waals surface area contributed by atoms with Crippen LogP contribution in [0.5, 0.6) is 0 Å². The molecule has 2 atom stereocenters. The van der Waals surface area contributed by atoms with Crippen LogP contribution in [-0.2, 0) is 0 Å². The Balaban J connectivity index is 2.25. The Bertz CT molecular complexity index is 281. The number of aliphatic hydroxyl groups is 1. The van der Waals surface area contributed by atoms with E-state index >= 15 is 0 Å². The second kappa shape index (κ2) is 3.02. The van der Waals surface area contributed by atoms with Gasteiger partial charge in [0.15, 0.2) is 0 Å². The highest BCUT2D eigenvalue weighted by molar-refractivity contribution is 5.26. The molecule has 0 bridgehead atoms. The second-order valence-electron chi connectivity index (χ2n) is 3.24. The maximum atomic E-state index is 9.27. The van der Waals surface area contributed by atoms with Crippen LogP contribution in [0.1, 0.15) is 6.42 Å². The maximum Gasteiger partial charge on any atom is 0.111 e. The van der Waals surface area contributed by atoms with E-state index in [9.17, 15) is 5.11 Å². The Hall–Kier alpha value is -1.24. The van der Waals surface area contributed by atoms with E-state index in [0.29, 0.717) is 17.6 Å². The Morgan fingerprint density at radius 3 is 3.08 bits per heavy atom. The van der Waals surface area contributed by atoms with Crippen LogP contribution >= 0.6 is 0 Å². The highest BCUT2D eigenvalue weighted by atomic mass is 16.3. The van der Waals surface area contributed by atoms with E-state index in [2.05, 4.69) is 30.4 Å². The summed E-state index contributed by atoms with van der Waals surface area (Å²) in [5, 5.41) is 9.27. The predicted molar refractivity (Wildman–Crippen MR) is 49.7 cm³/mol. The first kappa shape index (κ1) is 7.41. The van der Waals surface area contributed by atoms with E-state index in [4.69, 9.17) is 0 Å². The largest absolute Gasteiger partial charge is 0.508 e. The van der Waals surface area contributed by atoms with Gasteiger partial charge in [0.2, 0.25) is 0 Å². The van der Waals surface area contributed by atoms with E-state index in [-0.39, 0.29) is 0 Å². The first-order chi connectivity index (χ1) is 5.86. The molecule has 0 heterocycles. The number of rotatable bonds is 0. The van der Waals surface area contributed by atoms with Crippen molar-refractivity contribution in [2.24, 2.45) is 11.8 Å². The van der Waals surface area contributed by atoms with Crippen LogP contribution in [0.4, 0.5) is 0 Å². The van der Waals surface area contributed by atoms with Gasteiger partial charge in [-0.2, -0.15) is 0 Å². The van der Waals surface area contributed by atoms with Crippen molar-refractivity contribution in [2.75, 3.05) is 0 Å². The van der Waals surface area contributed by atoms with Gasteiger partial charge in [-0.3, -0.25) is 0 Å². The molecule has 0 spiro atoms. The van der Waals surface area contributed by atoms with Gasteiger partial charge in [-0.1, -0.05) is 30.4 Å². The Labute approximate surface area is 72.4 Å². The fraction of sp³-hybridized carbons (Fsp3) is 0.273. The van der Waals surface area contributed by atoms with Crippen molar-refractivity contribution in [1.29, 1.82) is 0 Å². The number of hydrogen-bond donors (Lipinski definition) is 1. The van der Waals surface area contributed by atoms with E-state index in [1.54, 1.807) is 6.08 Å². The van der Waals surface area contributed by atoms with E-state index < -0.39 is 0 Å². The van der Waals surface area contributed by atoms with Crippen molar-refractivity contribution in [1.82, 2.24) is 0 Å². The van der Waals surface area contributed by atoms with Crippen molar-refractivity contribution in [3.63, 3.8) is 0 Å². The molecule has 0 aromatic carbocycles. The van der Waals surface area contributed by atoms with Gasteiger partial charge in [0, 0.05) is 5.92 Å². The van der Waals surface area contributed by atoms with Gasteiger partial charge >= 0.3 is 0 Å². The summed E-state index contributed by atoms with van der Waals surface area (Å²) < 4.78 is 0. The minimum atomic E-state index is 0.403. The molecule has 1 heteroatoms. The molecule has 1 N–H and O–H groups in total. The first-order valence-corrected chi connectivity index (χ1v) is 4.28. The summed E-state index contributed by atoms with van der Waals surface area (Å²) in [7, 11) is 0. The van der Waals surface area contributed by atoms with E-state index in [1.807, 2.05) is 6.08 Å². The molecule has 2 aliphatic rings. The molecular weight excluding hydrogens is 148 g/mol. The lowest BCUT2D eigenvalue weighted by Crippen LogP contribution is -2.10. The van der Waals surface area contributed by atoms with Crippen LogP contribution in [0, 0.1) is 11.8 Å². The summed E-state index contributed by atoms with van der Waals surface area (Å²) >= 11 is 0. The van der Waals surface area contributed by atoms with Crippen LogP contribution in [0.2, 0.25) is 0 Å². The van der Waals surface area contributed by atoms with Crippen molar-refractivity contribution in [3.05, 3.63) is 48.3 Å². The zero-order valence-electron chi connectivity index (χ0n) is 6.85.